The van der Waals surface area contributed by atoms with Crippen molar-refractivity contribution in [3.8, 4) is 0 Å². The molecule has 0 aliphatic carbocycles. The summed E-state index contributed by atoms with van der Waals surface area (Å²) in [6.45, 7) is 7.02. The molecule has 1 amide bonds. The first-order valence-corrected chi connectivity index (χ1v) is 6.60. The summed E-state index contributed by atoms with van der Waals surface area (Å²) in [5.74, 6) is 0.247. The minimum Gasteiger partial charge on any atom is -0.378 e. The lowest BCUT2D eigenvalue weighted by molar-refractivity contribution is -0.146. The number of amides is 1. The third kappa shape index (κ3) is 3.68. The van der Waals surface area contributed by atoms with E-state index in [1.807, 2.05) is 18.7 Å². The summed E-state index contributed by atoms with van der Waals surface area (Å²) < 4.78 is 11.1. The van der Waals surface area contributed by atoms with Crippen molar-refractivity contribution in [1.29, 1.82) is 0 Å². The number of carbonyl (C=O) groups excluding carboxylic acids is 1. The maximum absolute atomic E-state index is 12.1. The molecule has 0 aromatic heterocycles. The van der Waals surface area contributed by atoms with Crippen LogP contribution in [0.25, 0.3) is 0 Å². The highest BCUT2D eigenvalue weighted by molar-refractivity contribution is 5.76. The third-order valence-corrected chi connectivity index (χ3v) is 3.48. The van der Waals surface area contributed by atoms with Gasteiger partial charge in [-0.2, -0.15) is 0 Å². The van der Waals surface area contributed by atoms with Crippen molar-refractivity contribution in [3.05, 3.63) is 0 Å². The fraction of sp³-hybridized carbons (Fsp3) is 0.923. The van der Waals surface area contributed by atoms with Crippen LogP contribution in [-0.4, -0.2) is 48.8 Å². The fourth-order valence-electron chi connectivity index (χ4n) is 2.54. The molecule has 0 saturated carbocycles. The Hall–Kier alpha value is -0.610. The van der Waals surface area contributed by atoms with Crippen LogP contribution in [0, 0.1) is 0 Å². The zero-order valence-corrected chi connectivity index (χ0v) is 10.9. The minimum atomic E-state index is -0.197. The average Bonchev–Trinajstić information content (AvgIpc) is 2.77. The van der Waals surface area contributed by atoms with Crippen molar-refractivity contribution in [3.63, 3.8) is 0 Å². The van der Waals surface area contributed by atoms with Gasteiger partial charge in [-0.15, -0.1) is 0 Å². The quantitative estimate of drug-likeness (QED) is 0.753. The summed E-state index contributed by atoms with van der Waals surface area (Å²) >= 11 is 0. The van der Waals surface area contributed by atoms with E-state index in [4.69, 9.17) is 9.47 Å². The van der Waals surface area contributed by atoms with Crippen molar-refractivity contribution in [2.75, 3.05) is 26.3 Å². The highest BCUT2D eigenvalue weighted by Gasteiger charge is 2.30. The van der Waals surface area contributed by atoms with Gasteiger partial charge in [0.1, 0.15) is 0 Å². The topological polar surface area (TPSA) is 38.8 Å². The maximum atomic E-state index is 12.1. The summed E-state index contributed by atoms with van der Waals surface area (Å²) in [6, 6.07) is 0. The molecule has 2 fully saturated rings. The van der Waals surface area contributed by atoms with Gasteiger partial charge in [0.2, 0.25) is 5.91 Å². The lowest BCUT2D eigenvalue weighted by Crippen LogP contribution is -2.50. The van der Waals surface area contributed by atoms with Crippen molar-refractivity contribution in [1.82, 2.24) is 4.90 Å². The zero-order chi connectivity index (χ0) is 12.3. The molecular weight excluding hydrogens is 218 g/mol. The normalized spacial score (nSPS) is 28.4. The van der Waals surface area contributed by atoms with Crippen LogP contribution in [0.4, 0.5) is 0 Å². The molecule has 2 aliphatic heterocycles. The number of nitrogens with zero attached hydrogens (tertiary/aromatic N) is 1. The van der Waals surface area contributed by atoms with Crippen LogP contribution in [0.1, 0.15) is 39.5 Å². The lowest BCUT2D eigenvalue weighted by Gasteiger charge is -2.38. The maximum Gasteiger partial charge on any atom is 0.222 e. The first-order valence-electron chi connectivity index (χ1n) is 6.60. The predicted molar refractivity (Wildman–Crippen MR) is 64.8 cm³/mol. The third-order valence-electron chi connectivity index (χ3n) is 3.48. The second-order valence-electron chi connectivity index (χ2n) is 5.60. The Morgan fingerprint density at radius 1 is 1.41 bits per heavy atom. The summed E-state index contributed by atoms with van der Waals surface area (Å²) in [5.41, 5.74) is -0.197. The number of hydrogen-bond donors (Lipinski definition) is 0. The van der Waals surface area contributed by atoms with E-state index in [1.165, 1.54) is 0 Å². The molecule has 4 nitrogen and oxygen atoms in total. The minimum absolute atomic E-state index is 0.197. The molecule has 17 heavy (non-hydrogen) atoms. The molecule has 98 valence electrons. The molecule has 1 atom stereocenters. The van der Waals surface area contributed by atoms with Crippen LogP contribution in [0.15, 0.2) is 0 Å². The first kappa shape index (κ1) is 12.8. The van der Waals surface area contributed by atoms with Crippen molar-refractivity contribution >= 4 is 5.91 Å². The number of carbonyl (C=O) groups is 1. The molecule has 0 unspecified atom stereocenters. The molecule has 2 aliphatic rings. The highest BCUT2D eigenvalue weighted by Crippen LogP contribution is 2.20. The van der Waals surface area contributed by atoms with E-state index in [9.17, 15) is 4.79 Å². The van der Waals surface area contributed by atoms with E-state index in [0.717, 1.165) is 32.4 Å². The SMILES string of the molecule is CC1(C)CN(C(=O)CC[C@H]2CCCO2)CCO1. The second kappa shape index (κ2) is 5.36. The van der Waals surface area contributed by atoms with Crippen LogP contribution in [0.3, 0.4) is 0 Å². The van der Waals surface area contributed by atoms with E-state index >= 15 is 0 Å². The van der Waals surface area contributed by atoms with Gasteiger partial charge in [0.15, 0.2) is 0 Å². The van der Waals surface area contributed by atoms with Gasteiger partial charge in [0.25, 0.3) is 0 Å². The molecule has 2 heterocycles. The van der Waals surface area contributed by atoms with Crippen molar-refractivity contribution in [2.45, 2.75) is 51.2 Å². The Morgan fingerprint density at radius 2 is 2.24 bits per heavy atom. The Kier molecular flexibility index (Phi) is 4.05. The molecule has 0 radical (unpaired) electrons. The number of morpholine rings is 1. The molecule has 2 saturated heterocycles. The Balaban J connectivity index is 1.75. The number of ether oxygens (including phenoxy) is 2. The van der Waals surface area contributed by atoms with E-state index in [2.05, 4.69) is 0 Å². The molecule has 0 aromatic rings. The largest absolute Gasteiger partial charge is 0.378 e. The van der Waals surface area contributed by atoms with Crippen LogP contribution in [-0.2, 0) is 14.3 Å². The van der Waals surface area contributed by atoms with Gasteiger partial charge in [-0.25, -0.2) is 0 Å². The Labute approximate surface area is 103 Å². The first-order chi connectivity index (χ1) is 8.07. The smallest absolute Gasteiger partial charge is 0.222 e. The van der Waals surface area contributed by atoms with E-state index < -0.39 is 0 Å². The van der Waals surface area contributed by atoms with Crippen LogP contribution < -0.4 is 0 Å². The monoisotopic (exact) mass is 241 g/mol. The summed E-state index contributed by atoms with van der Waals surface area (Å²) in [5, 5.41) is 0. The number of rotatable bonds is 3. The van der Waals surface area contributed by atoms with Crippen LogP contribution in [0.2, 0.25) is 0 Å². The van der Waals surface area contributed by atoms with Gasteiger partial charge in [0, 0.05) is 26.1 Å². The lowest BCUT2D eigenvalue weighted by atomic mass is 10.1. The van der Waals surface area contributed by atoms with Gasteiger partial charge in [0.05, 0.1) is 18.3 Å². The van der Waals surface area contributed by atoms with E-state index in [1.54, 1.807) is 0 Å². The molecule has 2 rings (SSSR count). The van der Waals surface area contributed by atoms with Gasteiger partial charge in [-0.05, 0) is 33.1 Å². The Morgan fingerprint density at radius 3 is 2.88 bits per heavy atom. The van der Waals surface area contributed by atoms with E-state index in [-0.39, 0.29) is 11.5 Å². The van der Waals surface area contributed by atoms with Crippen molar-refractivity contribution < 1.29 is 14.3 Å². The predicted octanol–water partition coefficient (Wildman–Crippen LogP) is 1.58. The van der Waals surface area contributed by atoms with Gasteiger partial charge >= 0.3 is 0 Å². The summed E-state index contributed by atoms with van der Waals surface area (Å²) in [6.07, 6.45) is 4.05. The second-order valence-corrected chi connectivity index (χ2v) is 5.60. The Bertz CT molecular complexity index is 272. The molecular formula is C13H23NO3. The number of hydrogen-bond acceptors (Lipinski definition) is 3. The van der Waals surface area contributed by atoms with Gasteiger partial charge in [-0.3, -0.25) is 4.79 Å². The summed E-state index contributed by atoms with van der Waals surface area (Å²) in [7, 11) is 0. The average molecular weight is 241 g/mol. The molecule has 0 bridgehead atoms. The van der Waals surface area contributed by atoms with Crippen LogP contribution >= 0.6 is 0 Å². The van der Waals surface area contributed by atoms with Gasteiger partial charge in [-0.1, -0.05) is 0 Å². The highest BCUT2D eigenvalue weighted by atomic mass is 16.5. The molecule has 0 aromatic carbocycles. The standard InChI is InChI=1S/C13H23NO3/c1-13(2)10-14(7-9-17-13)12(15)6-5-11-4-3-8-16-11/h11H,3-10H2,1-2H3/t11-/m1/s1. The van der Waals surface area contributed by atoms with Crippen molar-refractivity contribution in [2.24, 2.45) is 0 Å². The van der Waals surface area contributed by atoms with Gasteiger partial charge < -0.3 is 14.4 Å². The molecule has 0 N–H and O–H groups in total. The van der Waals surface area contributed by atoms with Crippen LogP contribution in [0.5, 0.6) is 0 Å². The summed E-state index contributed by atoms with van der Waals surface area (Å²) in [4.78, 5) is 14.0. The fourth-order valence-corrected chi connectivity index (χ4v) is 2.54. The molecule has 0 spiro atoms. The molecule has 4 heteroatoms. The van der Waals surface area contributed by atoms with E-state index in [0.29, 0.717) is 25.7 Å². The zero-order valence-electron chi connectivity index (χ0n) is 10.9.